The van der Waals surface area contributed by atoms with Crippen LogP contribution in [0.2, 0.25) is 0 Å². The third-order valence-corrected chi connectivity index (χ3v) is 3.32. The van der Waals surface area contributed by atoms with Crippen molar-refractivity contribution in [3.63, 3.8) is 0 Å². The Morgan fingerprint density at radius 2 is 2.00 bits per heavy atom. The largest absolute Gasteiger partial charge is 0.254 e. The molecule has 1 rings (SSSR count). The van der Waals surface area contributed by atoms with E-state index in [1.54, 1.807) is 6.08 Å². The molecule has 1 atom stereocenters. The Hall–Kier alpha value is -1.15. The van der Waals surface area contributed by atoms with E-state index in [9.17, 15) is 4.21 Å². The molecule has 2 heteroatoms. The number of hydrogen-bond donors (Lipinski definition) is 0. The molecule has 14 heavy (non-hydrogen) atoms. The first-order valence-electron chi connectivity index (χ1n) is 4.38. The third kappa shape index (κ3) is 2.96. The summed E-state index contributed by atoms with van der Waals surface area (Å²) in [5.41, 5.74) is 1.98. The second-order valence-corrected chi connectivity index (χ2v) is 4.62. The van der Waals surface area contributed by atoms with E-state index in [0.717, 1.165) is 10.5 Å². The molecule has 1 aromatic carbocycles. The van der Waals surface area contributed by atoms with Gasteiger partial charge in [-0.3, -0.25) is 4.21 Å². The van der Waals surface area contributed by atoms with Gasteiger partial charge in [-0.25, -0.2) is 0 Å². The molecule has 0 N–H and O–H groups in total. The van der Waals surface area contributed by atoms with Crippen molar-refractivity contribution in [2.45, 2.75) is 11.8 Å². The number of rotatable bonds is 4. The monoisotopic (exact) mass is 206 g/mol. The summed E-state index contributed by atoms with van der Waals surface area (Å²) in [4.78, 5) is 0.846. The highest BCUT2D eigenvalue weighted by Gasteiger charge is 2.03. The average molecular weight is 206 g/mol. The second-order valence-electron chi connectivity index (χ2n) is 3.17. The average Bonchev–Trinajstić information content (AvgIpc) is 2.18. The third-order valence-electron chi connectivity index (χ3n) is 1.89. The zero-order valence-corrected chi connectivity index (χ0v) is 9.14. The SMILES string of the molecule is C=CC(=C)CS(=O)c1ccc(C)cc1. The molecule has 0 heterocycles. The molecule has 0 aromatic heterocycles. The maximum absolute atomic E-state index is 11.7. The lowest BCUT2D eigenvalue weighted by molar-refractivity contribution is 0.684. The molecule has 0 saturated carbocycles. The van der Waals surface area contributed by atoms with Gasteiger partial charge in [0.05, 0.1) is 16.6 Å². The van der Waals surface area contributed by atoms with E-state index in [4.69, 9.17) is 0 Å². The number of allylic oxidation sites excluding steroid dienone is 1. The second kappa shape index (κ2) is 4.91. The highest BCUT2D eigenvalue weighted by atomic mass is 32.2. The molecule has 0 aliphatic carbocycles. The summed E-state index contributed by atoms with van der Waals surface area (Å²) in [6, 6.07) is 7.71. The molecule has 74 valence electrons. The predicted molar refractivity (Wildman–Crippen MR) is 61.8 cm³/mol. The van der Waals surface area contributed by atoms with Gasteiger partial charge in [-0.05, 0) is 24.6 Å². The fourth-order valence-corrected chi connectivity index (χ4v) is 2.06. The van der Waals surface area contributed by atoms with Crippen LogP contribution in [0, 0.1) is 6.92 Å². The molecular formula is C12H14OS. The van der Waals surface area contributed by atoms with Gasteiger partial charge in [-0.1, -0.05) is 36.9 Å². The van der Waals surface area contributed by atoms with Crippen LogP contribution in [0.4, 0.5) is 0 Å². The fraction of sp³-hybridized carbons (Fsp3) is 0.167. The summed E-state index contributed by atoms with van der Waals surface area (Å²) in [5.74, 6) is 0.465. The Bertz CT molecular complexity index is 362. The molecule has 0 radical (unpaired) electrons. The van der Waals surface area contributed by atoms with E-state index < -0.39 is 10.8 Å². The van der Waals surface area contributed by atoms with Crippen LogP contribution in [-0.4, -0.2) is 9.96 Å². The van der Waals surface area contributed by atoms with E-state index >= 15 is 0 Å². The van der Waals surface area contributed by atoms with Gasteiger partial charge in [0.2, 0.25) is 0 Å². The number of aryl methyl sites for hydroxylation is 1. The minimum atomic E-state index is -0.992. The smallest absolute Gasteiger partial charge is 0.0573 e. The van der Waals surface area contributed by atoms with Gasteiger partial charge >= 0.3 is 0 Å². The van der Waals surface area contributed by atoms with Crippen LogP contribution >= 0.6 is 0 Å². The van der Waals surface area contributed by atoms with Crippen LogP contribution in [0.15, 0.2) is 54.0 Å². The van der Waals surface area contributed by atoms with Gasteiger partial charge in [0.25, 0.3) is 0 Å². The van der Waals surface area contributed by atoms with Crippen LogP contribution in [0.3, 0.4) is 0 Å². The first-order valence-corrected chi connectivity index (χ1v) is 5.70. The molecule has 1 unspecified atom stereocenters. The summed E-state index contributed by atoms with van der Waals surface area (Å²) in [6.07, 6.45) is 1.64. The van der Waals surface area contributed by atoms with Crippen molar-refractivity contribution in [2.24, 2.45) is 0 Å². The molecule has 0 aliphatic heterocycles. The van der Waals surface area contributed by atoms with Crippen molar-refractivity contribution in [2.75, 3.05) is 5.75 Å². The van der Waals surface area contributed by atoms with E-state index in [-0.39, 0.29) is 0 Å². The number of benzene rings is 1. The minimum absolute atomic E-state index is 0.465. The molecule has 0 aliphatic rings. The summed E-state index contributed by atoms with van der Waals surface area (Å²) >= 11 is 0. The van der Waals surface area contributed by atoms with E-state index in [1.165, 1.54) is 5.56 Å². The zero-order chi connectivity index (χ0) is 10.6. The molecular weight excluding hydrogens is 192 g/mol. The Labute approximate surface area is 87.6 Å². The van der Waals surface area contributed by atoms with Crippen molar-refractivity contribution in [1.82, 2.24) is 0 Å². The highest BCUT2D eigenvalue weighted by Crippen LogP contribution is 2.10. The molecule has 0 saturated heterocycles. The molecule has 0 spiro atoms. The highest BCUT2D eigenvalue weighted by molar-refractivity contribution is 7.85. The van der Waals surface area contributed by atoms with Crippen molar-refractivity contribution in [3.8, 4) is 0 Å². The van der Waals surface area contributed by atoms with Gasteiger partial charge in [-0.2, -0.15) is 0 Å². The topological polar surface area (TPSA) is 17.1 Å². The van der Waals surface area contributed by atoms with E-state index in [2.05, 4.69) is 13.2 Å². The minimum Gasteiger partial charge on any atom is -0.254 e. The van der Waals surface area contributed by atoms with Gasteiger partial charge in [0, 0.05) is 4.90 Å². The molecule has 0 amide bonds. The Kier molecular flexibility index (Phi) is 3.84. The quantitative estimate of drug-likeness (QED) is 0.692. The van der Waals surface area contributed by atoms with Crippen LogP contribution in [0.25, 0.3) is 0 Å². The van der Waals surface area contributed by atoms with Crippen LogP contribution in [-0.2, 0) is 10.8 Å². The van der Waals surface area contributed by atoms with Gasteiger partial charge < -0.3 is 0 Å². The Morgan fingerprint density at radius 3 is 2.50 bits per heavy atom. The maximum Gasteiger partial charge on any atom is 0.0573 e. The van der Waals surface area contributed by atoms with Crippen molar-refractivity contribution < 1.29 is 4.21 Å². The van der Waals surface area contributed by atoms with Crippen LogP contribution in [0.5, 0.6) is 0 Å². The molecule has 1 aromatic rings. The van der Waals surface area contributed by atoms with E-state index in [0.29, 0.717) is 5.75 Å². The Balaban J connectivity index is 2.75. The van der Waals surface area contributed by atoms with Gasteiger partial charge in [0.1, 0.15) is 0 Å². The lowest BCUT2D eigenvalue weighted by Crippen LogP contribution is -1.98. The lowest BCUT2D eigenvalue weighted by Gasteiger charge is -2.02. The summed E-state index contributed by atoms with van der Waals surface area (Å²) in [7, 11) is -0.992. The number of hydrogen-bond acceptors (Lipinski definition) is 1. The van der Waals surface area contributed by atoms with Gasteiger partial charge in [0.15, 0.2) is 0 Å². The standard InChI is InChI=1S/C12H14OS/c1-4-10(2)9-14(13)12-7-5-11(3)6-8-12/h4-8H,1-2,9H2,3H3. The van der Waals surface area contributed by atoms with Crippen LogP contribution in [0.1, 0.15) is 5.56 Å². The molecule has 0 bridgehead atoms. The van der Waals surface area contributed by atoms with Crippen molar-refractivity contribution in [1.29, 1.82) is 0 Å². The zero-order valence-electron chi connectivity index (χ0n) is 8.32. The normalized spacial score (nSPS) is 12.1. The lowest BCUT2D eigenvalue weighted by atomic mass is 10.2. The predicted octanol–water partition coefficient (Wildman–Crippen LogP) is 2.84. The summed E-state index contributed by atoms with van der Waals surface area (Å²) < 4.78 is 11.7. The molecule has 0 fully saturated rings. The van der Waals surface area contributed by atoms with Gasteiger partial charge in [-0.15, -0.1) is 0 Å². The first kappa shape index (κ1) is 10.9. The first-order chi connectivity index (χ1) is 6.63. The maximum atomic E-state index is 11.7. The van der Waals surface area contributed by atoms with Crippen molar-refractivity contribution in [3.05, 3.63) is 54.6 Å². The summed E-state index contributed by atoms with van der Waals surface area (Å²) in [6.45, 7) is 9.34. The molecule has 1 nitrogen and oxygen atoms in total. The van der Waals surface area contributed by atoms with Crippen LogP contribution < -0.4 is 0 Å². The van der Waals surface area contributed by atoms with E-state index in [1.807, 2.05) is 31.2 Å². The Morgan fingerprint density at radius 1 is 1.43 bits per heavy atom. The fourth-order valence-electron chi connectivity index (χ4n) is 1.00. The summed E-state index contributed by atoms with van der Waals surface area (Å²) in [5, 5.41) is 0. The van der Waals surface area contributed by atoms with Crippen molar-refractivity contribution >= 4 is 10.8 Å².